The fourth-order valence-corrected chi connectivity index (χ4v) is 2.86. The molecule has 3 N–H and O–H groups in total. The van der Waals surface area contributed by atoms with Gasteiger partial charge in [-0.1, -0.05) is 37.6 Å². The van der Waals surface area contributed by atoms with Crippen LogP contribution in [0.15, 0.2) is 24.3 Å². The van der Waals surface area contributed by atoms with Gasteiger partial charge in [-0.2, -0.15) is 0 Å². The van der Waals surface area contributed by atoms with Crippen LogP contribution in [0.1, 0.15) is 37.3 Å². The van der Waals surface area contributed by atoms with Crippen molar-refractivity contribution in [2.75, 3.05) is 13.1 Å². The van der Waals surface area contributed by atoms with Crippen LogP contribution in [0.4, 0.5) is 0 Å². The molecule has 18 heavy (non-hydrogen) atoms. The van der Waals surface area contributed by atoms with Crippen molar-refractivity contribution in [3.8, 4) is 0 Å². The first-order chi connectivity index (χ1) is 8.70. The standard InChI is InChI=1S/C15H23N3/c1-2-5-12-8-9-18(10-12)11-13-6-3-4-7-14(13)15(16)17/h3-4,6-7,12H,2,5,8-11H2,1H3,(H3,16,17). The normalized spacial score (nSPS) is 20.2. The summed E-state index contributed by atoms with van der Waals surface area (Å²) in [6.45, 7) is 5.56. The summed E-state index contributed by atoms with van der Waals surface area (Å²) in [7, 11) is 0. The third-order valence-electron chi connectivity index (χ3n) is 3.77. The van der Waals surface area contributed by atoms with Crippen LogP contribution in [0.25, 0.3) is 0 Å². The zero-order chi connectivity index (χ0) is 13.0. The van der Waals surface area contributed by atoms with Gasteiger partial charge in [0.05, 0.1) is 0 Å². The first-order valence-corrected chi connectivity index (χ1v) is 6.85. The fraction of sp³-hybridized carbons (Fsp3) is 0.533. The van der Waals surface area contributed by atoms with E-state index in [0.717, 1.165) is 18.0 Å². The van der Waals surface area contributed by atoms with Crippen molar-refractivity contribution in [1.29, 1.82) is 5.41 Å². The summed E-state index contributed by atoms with van der Waals surface area (Å²) in [6.07, 6.45) is 3.93. The van der Waals surface area contributed by atoms with E-state index in [9.17, 15) is 0 Å². The van der Waals surface area contributed by atoms with Crippen LogP contribution in [0.5, 0.6) is 0 Å². The molecular formula is C15H23N3. The minimum absolute atomic E-state index is 0.176. The number of likely N-dealkylation sites (tertiary alicyclic amines) is 1. The lowest BCUT2D eigenvalue weighted by Crippen LogP contribution is -2.23. The van der Waals surface area contributed by atoms with Crippen molar-refractivity contribution >= 4 is 5.84 Å². The molecule has 1 unspecified atom stereocenters. The summed E-state index contributed by atoms with van der Waals surface area (Å²) in [4.78, 5) is 2.49. The van der Waals surface area contributed by atoms with Crippen molar-refractivity contribution in [2.45, 2.75) is 32.7 Å². The van der Waals surface area contributed by atoms with E-state index >= 15 is 0 Å². The number of nitrogens with one attached hydrogen (secondary N) is 1. The second-order valence-electron chi connectivity index (χ2n) is 5.25. The fourth-order valence-electron chi connectivity index (χ4n) is 2.86. The summed E-state index contributed by atoms with van der Waals surface area (Å²) in [5, 5.41) is 7.62. The van der Waals surface area contributed by atoms with Crippen LogP contribution >= 0.6 is 0 Å². The summed E-state index contributed by atoms with van der Waals surface area (Å²) < 4.78 is 0. The highest BCUT2D eigenvalue weighted by molar-refractivity contribution is 5.96. The van der Waals surface area contributed by atoms with Gasteiger partial charge in [0.2, 0.25) is 0 Å². The van der Waals surface area contributed by atoms with Gasteiger partial charge in [-0.05, 0) is 30.9 Å². The van der Waals surface area contributed by atoms with Crippen LogP contribution in [0, 0.1) is 11.3 Å². The van der Waals surface area contributed by atoms with Gasteiger partial charge in [0, 0.05) is 18.7 Å². The second-order valence-corrected chi connectivity index (χ2v) is 5.25. The van der Waals surface area contributed by atoms with E-state index in [-0.39, 0.29) is 5.84 Å². The molecule has 1 aliphatic heterocycles. The molecule has 2 rings (SSSR count). The van der Waals surface area contributed by atoms with E-state index in [4.69, 9.17) is 11.1 Å². The van der Waals surface area contributed by atoms with E-state index in [1.165, 1.54) is 37.9 Å². The van der Waals surface area contributed by atoms with Crippen molar-refractivity contribution < 1.29 is 0 Å². The first-order valence-electron chi connectivity index (χ1n) is 6.85. The molecule has 0 aliphatic carbocycles. The van der Waals surface area contributed by atoms with Gasteiger partial charge in [0.25, 0.3) is 0 Å². The SMILES string of the molecule is CCCC1CCN(Cc2ccccc2C(=N)N)C1. The second kappa shape index (κ2) is 6.01. The third-order valence-corrected chi connectivity index (χ3v) is 3.77. The van der Waals surface area contributed by atoms with Gasteiger partial charge < -0.3 is 5.73 Å². The van der Waals surface area contributed by atoms with Crippen LogP contribution in [0.2, 0.25) is 0 Å². The van der Waals surface area contributed by atoms with Gasteiger partial charge in [0.15, 0.2) is 0 Å². The van der Waals surface area contributed by atoms with Crippen LogP contribution in [-0.2, 0) is 6.54 Å². The Morgan fingerprint density at radius 2 is 2.22 bits per heavy atom. The van der Waals surface area contributed by atoms with Gasteiger partial charge in [-0.3, -0.25) is 10.3 Å². The predicted molar refractivity (Wildman–Crippen MR) is 75.8 cm³/mol. The van der Waals surface area contributed by atoms with E-state index in [1.807, 2.05) is 18.2 Å². The average Bonchev–Trinajstić information content (AvgIpc) is 2.77. The lowest BCUT2D eigenvalue weighted by molar-refractivity contribution is 0.313. The summed E-state index contributed by atoms with van der Waals surface area (Å²) in [6, 6.07) is 8.01. The summed E-state index contributed by atoms with van der Waals surface area (Å²) in [5.74, 6) is 1.04. The van der Waals surface area contributed by atoms with Gasteiger partial charge in [-0.15, -0.1) is 0 Å². The van der Waals surface area contributed by atoms with Crippen molar-refractivity contribution in [3.05, 3.63) is 35.4 Å². The molecular weight excluding hydrogens is 222 g/mol. The maximum absolute atomic E-state index is 7.62. The lowest BCUT2D eigenvalue weighted by Gasteiger charge is -2.18. The average molecular weight is 245 g/mol. The highest BCUT2D eigenvalue weighted by atomic mass is 15.1. The largest absolute Gasteiger partial charge is 0.384 e. The molecule has 0 radical (unpaired) electrons. The molecule has 1 atom stereocenters. The number of hydrogen-bond donors (Lipinski definition) is 2. The molecule has 1 heterocycles. The van der Waals surface area contributed by atoms with Crippen LogP contribution in [-0.4, -0.2) is 23.8 Å². The van der Waals surface area contributed by atoms with E-state index < -0.39 is 0 Å². The smallest absolute Gasteiger partial charge is 0.123 e. The number of rotatable bonds is 5. The Bertz CT molecular complexity index is 414. The van der Waals surface area contributed by atoms with E-state index in [1.54, 1.807) is 0 Å². The minimum atomic E-state index is 0.176. The Labute approximate surface area is 109 Å². The number of benzene rings is 1. The Hall–Kier alpha value is -1.35. The molecule has 0 spiro atoms. The number of amidine groups is 1. The van der Waals surface area contributed by atoms with Crippen LogP contribution in [0.3, 0.4) is 0 Å². The Balaban J connectivity index is 2.00. The monoisotopic (exact) mass is 245 g/mol. The molecule has 0 saturated carbocycles. The molecule has 3 nitrogen and oxygen atoms in total. The summed E-state index contributed by atoms with van der Waals surface area (Å²) in [5.41, 5.74) is 7.70. The third kappa shape index (κ3) is 3.10. The maximum atomic E-state index is 7.62. The van der Waals surface area contributed by atoms with Crippen LogP contribution < -0.4 is 5.73 Å². The van der Waals surface area contributed by atoms with Gasteiger partial charge >= 0.3 is 0 Å². The Kier molecular flexibility index (Phi) is 4.37. The summed E-state index contributed by atoms with van der Waals surface area (Å²) >= 11 is 0. The highest BCUT2D eigenvalue weighted by Gasteiger charge is 2.22. The predicted octanol–water partition coefficient (Wildman–Crippen LogP) is 2.59. The molecule has 1 aromatic carbocycles. The van der Waals surface area contributed by atoms with E-state index in [0.29, 0.717) is 0 Å². The van der Waals surface area contributed by atoms with Crippen molar-refractivity contribution in [3.63, 3.8) is 0 Å². The molecule has 1 saturated heterocycles. The molecule has 0 amide bonds. The molecule has 3 heteroatoms. The zero-order valence-corrected chi connectivity index (χ0v) is 11.2. The van der Waals surface area contributed by atoms with Crippen molar-refractivity contribution in [1.82, 2.24) is 4.90 Å². The van der Waals surface area contributed by atoms with Gasteiger partial charge in [0.1, 0.15) is 5.84 Å². The molecule has 1 aromatic rings. The molecule has 0 aromatic heterocycles. The number of hydrogen-bond acceptors (Lipinski definition) is 2. The quantitative estimate of drug-likeness (QED) is 0.619. The Morgan fingerprint density at radius 3 is 2.94 bits per heavy atom. The van der Waals surface area contributed by atoms with Gasteiger partial charge in [-0.25, -0.2) is 0 Å². The molecule has 98 valence electrons. The molecule has 0 bridgehead atoms. The van der Waals surface area contributed by atoms with Crippen molar-refractivity contribution in [2.24, 2.45) is 11.7 Å². The zero-order valence-electron chi connectivity index (χ0n) is 11.2. The maximum Gasteiger partial charge on any atom is 0.123 e. The number of nitrogen functional groups attached to an aromatic ring is 1. The first kappa shape index (κ1) is 13.1. The topological polar surface area (TPSA) is 53.1 Å². The number of nitrogens with two attached hydrogens (primary N) is 1. The molecule has 1 aliphatic rings. The highest BCUT2D eigenvalue weighted by Crippen LogP contribution is 2.23. The minimum Gasteiger partial charge on any atom is -0.384 e. The Morgan fingerprint density at radius 1 is 1.44 bits per heavy atom. The molecule has 1 fully saturated rings. The number of nitrogens with zero attached hydrogens (tertiary/aromatic N) is 1. The lowest BCUT2D eigenvalue weighted by atomic mass is 10.0. The van der Waals surface area contributed by atoms with E-state index in [2.05, 4.69) is 17.9 Å².